The third kappa shape index (κ3) is 6.64. The Morgan fingerprint density at radius 2 is 1.94 bits per heavy atom. The number of rotatable bonds is 5. The lowest BCUT2D eigenvalue weighted by Crippen LogP contribution is -2.38. The number of carboxylic acid groups (broad SMARTS) is 1. The number of amides is 1. The molecule has 0 aliphatic rings. The molecule has 0 saturated heterocycles. The summed E-state index contributed by atoms with van der Waals surface area (Å²) in [6.45, 7) is 1.08. The first-order valence-corrected chi connectivity index (χ1v) is 4.88. The summed E-state index contributed by atoms with van der Waals surface area (Å²) in [6.07, 6.45) is -5.76. The maximum absolute atomic E-state index is 11.8. The second-order valence-electron chi connectivity index (χ2n) is 3.45. The standard InChI is InChI=1S/C9H14F3NO4/c1-3-13(4-6(2)7(14)15)8(16)17-5-9(10,11)12/h6H,3-5H2,1-2H3,(H,14,15). The van der Waals surface area contributed by atoms with Crippen LogP contribution in [0.4, 0.5) is 18.0 Å². The van der Waals surface area contributed by atoms with E-state index in [0.29, 0.717) is 0 Å². The van der Waals surface area contributed by atoms with Crippen LogP contribution in [0.1, 0.15) is 13.8 Å². The highest BCUT2D eigenvalue weighted by molar-refractivity contribution is 5.72. The Morgan fingerprint density at radius 1 is 1.41 bits per heavy atom. The first-order chi connectivity index (χ1) is 7.67. The zero-order chi connectivity index (χ0) is 13.6. The zero-order valence-electron chi connectivity index (χ0n) is 9.45. The van der Waals surface area contributed by atoms with Crippen LogP contribution in [0.25, 0.3) is 0 Å². The van der Waals surface area contributed by atoms with Crippen LogP contribution in [0.2, 0.25) is 0 Å². The van der Waals surface area contributed by atoms with Crippen LogP contribution in [-0.4, -0.2) is 47.9 Å². The first kappa shape index (κ1) is 15.5. The van der Waals surface area contributed by atoms with Crippen molar-refractivity contribution < 1.29 is 32.6 Å². The minimum Gasteiger partial charge on any atom is -0.481 e. The molecule has 1 N–H and O–H groups in total. The molecule has 0 aromatic heterocycles. The average molecular weight is 257 g/mol. The average Bonchev–Trinajstić information content (AvgIpc) is 2.20. The summed E-state index contributed by atoms with van der Waals surface area (Å²) in [4.78, 5) is 22.6. The van der Waals surface area contributed by atoms with Gasteiger partial charge in [0.1, 0.15) is 0 Å². The molecule has 100 valence electrons. The van der Waals surface area contributed by atoms with Gasteiger partial charge in [-0.2, -0.15) is 13.2 Å². The third-order valence-electron chi connectivity index (χ3n) is 1.92. The Morgan fingerprint density at radius 3 is 2.29 bits per heavy atom. The molecule has 0 bridgehead atoms. The highest BCUT2D eigenvalue weighted by Gasteiger charge is 2.31. The minimum absolute atomic E-state index is 0.0777. The summed E-state index contributed by atoms with van der Waals surface area (Å²) in [5.41, 5.74) is 0. The molecule has 0 aromatic rings. The van der Waals surface area contributed by atoms with Crippen molar-refractivity contribution in [2.24, 2.45) is 5.92 Å². The fraction of sp³-hybridized carbons (Fsp3) is 0.778. The monoisotopic (exact) mass is 257 g/mol. The van der Waals surface area contributed by atoms with Crippen molar-refractivity contribution in [1.82, 2.24) is 4.90 Å². The van der Waals surface area contributed by atoms with Gasteiger partial charge in [0.2, 0.25) is 0 Å². The van der Waals surface area contributed by atoms with E-state index in [1.54, 1.807) is 0 Å². The predicted octanol–water partition coefficient (Wildman–Crippen LogP) is 1.73. The van der Waals surface area contributed by atoms with Crippen LogP contribution in [0.15, 0.2) is 0 Å². The van der Waals surface area contributed by atoms with E-state index in [1.807, 2.05) is 0 Å². The Bertz CT molecular complexity index is 280. The first-order valence-electron chi connectivity index (χ1n) is 4.88. The van der Waals surface area contributed by atoms with Crippen LogP contribution in [0.5, 0.6) is 0 Å². The van der Waals surface area contributed by atoms with Crippen molar-refractivity contribution >= 4 is 12.1 Å². The fourth-order valence-electron chi connectivity index (χ4n) is 0.976. The van der Waals surface area contributed by atoms with Gasteiger partial charge in [-0.1, -0.05) is 6.92 Å². The van der Waals surface area contributed by atoms with Gasteiger partial charge >= 0.3 is 18.2 Å². The lowest BCUT2D eigenvalue weighted by Gasteiger charge is -2.22. The second-order valence-corrected chi connectivity index (χ2v) is 3.45. The van der Waals surface area contributed by atoms with Crippen molar-refractivity contribution in [1.29, 1.82) is 0 Å². The van der Waals surface area contributed by atoms with E-state index >= 15 is 0 Å². The molecule has 0 aliphatic heterocycles. The van der Waals surface area contributed by atoms with Gasteiger partial charge in [-0.25, -0.2) is 4.79 Å². The molecular weight excluding hydrogens is 243 g/mol. The van der Waals surface area contributed by atoms with Gasteiger partial charge in [0.05, 0.1) is 5.92 Å². The van der Waals surface area contributed by atoms with E-state index in [1.165, 1.54) is 13.8 Å². The van der Waals surface area contributed by atoms with E-state index in [4.69, 9.17) is 5.11 Å². The molecule has 8 heteroatoms. The van der Waals surface area contributed by atoms with Crippen LogP contribution in [0, 0.1) is 5.92 Å². The quantitative estimate of drug-likeness (QED) is 0.814. The summed E-state index contributed by atoms with van der Waals surface area (Å²) >= 11 is 0. The SMILES string of the molecule is CCN(CC(C)C(=O)O)C(=O)OCC(F)(F)F. The number of hydrogen-bond donors (Lipinski definition) is 1. The number of ether oxygens (including phenoxy) is 1. The summed E-state index contributed by atoms with van der Waals surface area (Å²) in [5, 5.41) is 8.61. The molecule has 0 aliphatic carbocycles. The van der Waals surface area contributed by atoms with E-state index in [9.17, 15) is 22.8 Å². The molecule has 0 rings (SSSR count). The van der Waals surface area contributed by atoms with Crippen molar-refractivity contribution in [3.63, 3.8) is 0 Å². The normalized spacial score (nSPS) is 13.0. The van der Waals surface area contributed by atoms with Gasteiger partial charge in [-0.05, 0) is 6.92 Å². The maximum atomic E-state index is 11.8. The molecule has 0 spiro atoms. The van der Waals surface area contributed by atoms with Crippen LogP contribution in [-0.2, 0) is 9.53 Å². The van der Waals surface area contributed by atoms with Gasteiger partial charge < -0.3 is 14.7 Å². The molecule has 0 fully saturated rings. The van der Waals surface area contributed by atoms with Crippen molar-refractivity contribution in [2.75, 3.05) is 19.7 Å². The minimum atomic E-state index is -4.59. The summed E-state index contributed by atoms with van der Waals surface area (Å²) in [6, 6.07) is 0. The largest absolute Gasteiger partial charge is 0.481 e. The van der Waals surface area contributed by atoms with Crippen molar-refractivity contribution in [3.8, 4) is 0 Å². The number of carboxylic acids is 1. The molecule has 1 amide bonds. The summed E-state index contributed by atoms with van der Waals surface area (Å²) in [7, 11) is 0. The van der Waals surface area contributed by atoms with Crippen LogP contribution in [0.3, 0.4) is 0 Å². The van der Waals surface area contributed by atoms with Crippen LogP contribution < -0.4 is 0 Å². The van der Waals surface area contributed by atoms with Gasteiger partial charge in [0.15, 0.2) is 6.61 Å². The molecule has 1 atom stereocenters. The highest BCUT2D eigenvalue weighted by atomic mass is 19.4. The zero-order valence-corrected chi connectivity index (χ0v) is 9.45. The van der Waals surface area contributed by atoms with E-state index < -0.39 is 30.8 Å². The second kappa shape index (κ2) is 6.31. The smallest absolute Gasteiger partial charge is 0.422 e. The van der Waals surface area contributed by atoms with Crippen LogP contribution >= 0.6 is 0 Å². The predicted molar refractivity (Wildman–Crippen MR) is 51.4 cm³/mol. The molecule has 17 heavy (non-hydrogen) atoms. The number of hydrogen-bond acceptors (Lipinski definition) is 3. The van der Waals surface area contributed by atoms with E-state index in [0.717, 1.165) is 4.90 Å². The molecular formula is C9H14F3NO4. The van der Waals surface area contributed by atoms with Crippen molar-refractivity contribution in [3.05, 3.63) is 0 Å². The number of alkyl halides is 3. The van der Waals surface area contributed by atoms with Gasteiger partial charge in [-0.15, -0.1) is 0 Å². The van der Waals surface area contributed by atoms with E-state index in [2.05, 4.69) is 4.74 Å². The molecule has 0 aromatic carbocycles. The summed E-state index contributed by atoms with van der Waals surface area (Å²) in [5.74, 6) is -2.00. The Kier molecular flexibility index (Phi) is 5.77. The Labute approximate surface area is 96.1 Å². The lowest BCUT2D eigenvalue weighted by atomic mass is 10.2. The number of halogens is 3. The third-order valence-corrected chi connectivity index (χ3v) is 1.92. The molecule has 0 radical (unpaired) electrons. The van der Waals surface area contributed by atoms with Crippen molar-refractivity contribution in [2.45, 2.75) is 20.0 Å². The Hall–Kier alpha value is -1.47. The highest BCUT2D eigenvalue weighted by Crippen LogP contribution is 2.15. The summed E-state index contributed by atoms with van der Waals surface area (Å²) < 4.78 is 39.4. The number of nitrogens with zero attached hydrogens (tertiary/aromatic N) is 1. The fourth-order valence-corrected chi connectivity index (χ4v) is 0.976. The molecule has 0 saturated carbocycles. The van der Waals surface area contributed by atoms with Gasteiger partial charge in [0.25, 0.3) is 0 Å². The molecule has 0 heterocycles. The number of carbonyl (C=O) groups is 2. The van der Waals surface area contributed by atoms with Gasteiger partial charge in [0, 0.05) is 13.1 Å². The topological polar surface area (TPSA) is 66.8 Å². The Balaban J connectivity index is 4.27. The number of carbonyl (C=O) groups excluding carboxylic acids is 1. The molecule has 5 nitrogen and oxygen atoms in total. The van der Waals surface area contributed by atoms with Gasteiger partial charge in [-0.3, -0.25) is 4.79 Å². The maximum Gasteiger partial charge on any atom is 0.422 e. The number of aliphatic carboxylic acids is 1. The lowest BCUT2D eigenvalue weighted by molar-refractivity contribution is -0.162. The van der Waals surface area contributed by atoms with E-state index in [-0.39, 0.29) is 13.1 Å². The molecule has 1 unspecified atom stereocenters.